The molecule has 0 aliphatic carbocycles. The minimum atomic E-state index is -0.579. The lowest BCUT2D eigenvalue weighted by Crippen LogP contribution is -2.32. The number of nitrogens with one attached hydrogen (secondary N) is 2. The van der Waals surface area contributed by atoms with Crippen molar-refractivity contribution < 1.29 is 9.90 Å². The first-order chi connectivity index (χ1) is 8.22. The van der Waals surface area contributed by atoms with Crippen LogP contribution in [0.15, 0.2) is 18.2 Å². The van der Waals surface area contributed by atoms with Gasteiger partial charge in [0.15, 0.2) is 0 Å². The van der Waals surface area contributed by atoms with Gasteiger partial charge < -0.3 is 15.7 Å². The lowest BCUT2D eigenvalue weighted by atomic mass is 9.98. The van der Waals surface area contributed by atoms with Crippen LogP contribution < -0.4 is 10.6 Å². The summed E-state index contributed by atoms with van der Waals surface area (Å²) in [5, 5.41) is 15.3. The number of benzene rings is 1. The zero-order valence-corrected chi connectivity index (χ0v) is 10.1. The largest absolute Gasteiger partial charge is 0.390 e. The molecule has 4 nitrogen and oxygen atoms in total. The van der Waals surface area contributed by atoms with Crippen molar-refractivity contribution in [3.05, 3.63) is 29.3 Å². The molecule has 92 valence electrons. The first kappa shape index (κ1) is 12.2. The maximum atomic E-state index is 11.6. The van der Waals surface area contributed by atoms with Gasteiger partial charge in [-0.2, -0.15) is 0 Å². The molecule has 1 atom stereocenters. The summed E-state index contributed by atoms with van der Waals surface area (Å²) in [5.41, 5.74) is 2.63. The monoisotopic (exact) mass is 254 g/mol. The Hall–Kier alpha value is -1.26. The van der Waals surface area contributed by atoms with E-state index in [9.17, 15) is 9.90 Å². The Balaban J connectivity index is 2.18. The molecule has 17 heavy (non-hydrogen) atoms. The van der Waals surface area contributed by atoms with Crippen LogP contribution in [0.2, 0.25) is 0 Å². The van der Waals surface area contributed by atoms with Crippen molar-refractivity contribution >= 4 is 23.2 Å². The number of aliphatic hydroxyl groups is 1. The molecule has 0 saturated heterocycles. The van der Waals surface area contributed by atoms with E-state index < -0.39 is 6.10 Å². The highest BCUT2D eigenvalue weighted by molar-refractivity contribution is 6.18. The molecule has 0 spiro atoms. The Bertz CT molecular complexity index is 423. The topological polar surface area (TPSA) is 61.4 Å². The Morgan fingerprint density at radius 3 is 3.12 bits per heavy atom. The van der Waals surface area contributed by atoms with E-state index in [-0.39, 0.29) is 11.8 Å². The van der Waals surface area contributed by atoms with Gasteiger partial charge in [0.25, 0.3) is 5.91 Å². The molecule has 0 fully saturated rings. The van der Waals surface area contributed by atoms with Gasteiger partial charge in [0.05, 0.1) is 12.0 Å². The van der Waals surface area contributed by atoms with Crippen LogP contribution in [0.25, 0.3) is 0 Å². The third-order valence-corrected chi connectivity index (χ3v) is 3.14. The summed E-state index contributed by atoms with van der Waals surface area (Å²) in [7, 11) is 0. The van der Waals surface area contributed by atoms with Gasteiger partial charge >= 0.3 is 0 Å². The van der Waals surface area contributed by atoms with Crippen LogP contribution >= 0.6 is 11.6 Å². The van der Waals surface area contributed by atoms with Gasteiger partial charge in [-0.1, -0.05) is 6.07 Å². The average molecular weight is 255 g/mol. The first-order valence-corrected chi connectivity index (χ1v) is 6.14. The van der Waals surface area contributed by atoms with Crippen LogP contribution in [0.4, 0.5) is 5.69 Å². The molecule has 0 saturated carbocycles. The lowest BCUT2D eigenvalue weighted by Gasteiger charge is -2.21. The summed E-state index contributed by atoms with van der Waals surface area (Å²) >= 11 is 5.53. The highest BCUT2D eigenvalue weighted by Crippen LogP contribution is 2.23. The normalized spacial score (nSPS) is 16.0. The van der Waals surface area contributed by atoms with Crippen molar-refractivity contribution in [2.24, 2.45) is 0 Å². The number of hydrogen-bond acceptors (Lipinski definition) is 3. The van der Waals surface area contributed by atoms with E-state index in [1.807, 2.05) is 18.2 Å². The van der Waals surface area contributed by atoms with Gasteiger partial charge in [-0.15, -0.1) is 11.6 Å². The molecule has 3 N–H and O–H groups in total. The highest BCUT2D eigenvalue weighted by atomic mass is 35.5. The van der Waals surface area contributed by atoms with Gasteiger partial charge in [-0.05, 0) is 24.1 Å². The fourth-order valence-corrected chi connectivity index (χ4v) is 2.02. The number of fused-ring (bicyclic) bond motifs is 1. The van der Waals surface area contributed by atoms with E-state index in [4.69, 9.17) is 11.6 Å². The van der Waals surface area contributed by atoms with Gasteiger partial charge in [-0.25, -0.2) is 0 Å². The Morgan fingerprint density at radius 1 is 1.53 bits per heavy atom. The van der Waals surface area contributed by atoms with Crippen molar-refractivity contribution in [3.63, 3.8) is 0 Å². The molecule has 1 aromatic carbocycles. The minimum absolute atomic E-state index is 0.0345. The SMILES string of the molecule is O=C1NCCc2c(NCC(O)CCl)cccc21. The number of rotatable bonds is 4. The quantitative estimate of drug-likeness (QED) is 0.702. The minimum Gasteiger partial charge on any atom is -0.390 e. The predicted molar refractivity (Wildman–Crippen MR) is 67.7 cm³/mol. The van der Waals surface area contributed by atoms with Crippen LogP contribution in [-0.4, -0.2) is 36.1 Å². The second-order valence-electron chi connectivity index (χ2n) is 4.03. The zero-order chi connectivity index (χ0) is 12.3. The van der Waals surface area contributed by atoms with E-state index in [0.717, 1.165) is 17.7 Å². The maximum Gasteiger partial charge on any atom is 0.251 e. The van der Waals surface area contributed by atoms with Gasteiger partial charge in [0.2, 0.25) is 0 Å². The van der Waals surface area contributed by atoms with E-state index >= 15 is 0 Å². The van der Waals surface area contributed by atoms with Crippen molar-refractivity contribution in [2.45, 2.75) is 12.5 Å². The smallest absolute Gasteiger partial charge is 0.251 e. The molecule has 0 radical (unpaired) electrons. The molecule has 1 aliphatic heterocycles. The van der Waals surface area contributed by atoms with Gasteiger partial charge in [0, 0.05) is 24.3 Å². The molecule has 1 unspecified atom stereocenters. The molecular formula is C12H15ClN2O2. The van der Waals surface area contributed by atoms with Crippen LogP contribution in [0.1, 0.15) is 15.9 Å². The number of carbonyl (C=O) groups excluding carboxylic acids is 1. The summed E-state index contributed by atoms with van der Waals surface area (Å²) in [6, 6.07) is 5.56. The molecule has 1 heterocycles. The second kappa shape index (κ2) is 5.38. The summed E-state index contributed by atoms with van der Waals surface area (Å²) in [4.78, 5) is 11.6. The molecule has 2 rings (SSSR count). The Labute approximate surface area is 105 Å². The summed E-state index contributed by atoms with van der Waals surface area (Å²) in [6.45, 7) is 1.05. The van der Waals surface area contributed by atoms with Crippen LogP contribution in [-0.2, 0) is 6.42 Å². The lowest BCUT2D eigenvalue weighted by molar-refractivity contribution is 0.0946. The molecule has 0 aromatic heterocycles. The van der Waals surface area contributed by atoms with Gasteiger partial charge in [0.1, 0.15) is 0 Å². The third-order valence-electron chi connectivity index (χ3n) is 2.79. The third kappa shape index (κ3) is 2.70. The van der Waals surface area contributed by atoms with Crippen LogP contribution in [0.5, 0.6) is 0 Å². The van der Waals surface area contributed by atoms with Crippen molar-refractivity contribution in [1.29, 1.82) is 0 Å². The standard InChI is InChI=1S/C12H15ClN2O2/c13-6-8(16)7-15-11-3-1-2-10-9(11)4-5-14-12(10)17/h1-3,8,15-16H,4-7H2,(H,14,17). The molecule has 1 aliphatic rings. The zero-order valence-electron chi connectivity index (χ0n) is 9.37. The van der Waals surface area contributed by atoms with E-state index in [2.05, 4.69) is 10.6 Å². The first-order valence-electron chi connectivity index (χ1n) is 5.60. The summed E-state index contributed by atoms with van der Waals surface area (Å²) < 4.78 is 0. The number of halogens is 1. The highest BCUT2D eigenvalue weighted by Gasteiger charge is 2.18. The predicted octanol–water partition coefficient (Wildman–Crippen LogP) is 0.984. The molecule has 0 bridgehead atoms. The number of carbonyl (C=O) groups is 1. The fourth-order valence-electron chi connectivity index (χ4n) is 1.91. The number of aliphatic hydroxyl groups excluding tert-OH is 1. The Morgan fingerprint density at radius 2 is 2.35 bits per heavy atom. The van der Waals surface area contributed by atoms with E-state index in [1.165, 1.54) is 0 Å². The molecule has 1 amide bonds. The van der Waals surface area contributed by atoms with Crippen molar-refractivity contribution in [3.8, 4) is 0 Å². The second-order valence-corrected chi connectivity index (χ2v) is 4.34. The summed E-state index contributed by atoms with van der Waals surface area (Å²) in [6.07, 6.45) is 0.228. The van der Waals surface area contributed by atoms with Crippen molar-refractivity contribution in [2.75, 3.05) is 24.3 Å². The van der Waals surface area contributed by atoms with Crippen molar-refractivity contribution in [1.82, 2.24) is 5.32 Å². The number of alkyl halides is 1. The maximum absolute atomic E-state index is 11.6. The van der Waals surface area contributed by atoms with Crippen LogP contribution in [0.3, 0.4) is 0 Å². The molecule has 5 heteroatoms. The average Bonchev–Trinajstić information content (AvgIpc) is 2.36. The van der Waals surface area contributed by atoms with E-state index in [0.29, 0.717) is 18.7 Å². The van der Waals surface area contributed by atoms with Crippen LogP contribution in [0, 0.1) is 0 Å². The molecular weight excluding hydrogens is 240 g/mol. The molecule has 1 aromatic rings. The Kier molecular flexibility index (Phi) is 3.86. The number of hydrogen-bond donors (Lipinski definition) is 3. The number of amides is 1. The van der Waals surface area contributed by atoms with Gasteiger partial charge in [-0.3, -0.25) is 4.79 Å². The fraction of sp³-hybridized carbons (Fsp3) is 0.417. The number of anilines is 1. The summed E-state index contributed by atoms with van der Waals surface area (Å²) in [5.74, 6) is 0.162. The van der Waals surface area contributed by atoms with E-state index in [1.54, 1.807) is 0 Å².